The number of rotatable bonds is 41. The van der Waals surface area contributed by atoms with Crippen molar-refractivity contribution in [1.82, 2.24) is 53.2 Å². The van der Waals surface area contributed by atoms with Crippen molar-refractivity contribution in [1.29, 1.82) is 0 Å². The Balaban J connectivity index is 2.52. The van der Waals surface area contributed by atoms with Gasteiger partial charge in [-0.2, -0.15) is 0 Å². The Morgan fingerprint density at radius 1 is 0.378 bits per heavy atom. The normalized spacial score (nSPS) is 17.4. The smallest absolute Gasteiger partial charge is 0.326 e. The van der Waals surface area contributed by atoms with Gasteiger partial charge < -0.3 is 95.3 Å². The number of amides is 10. The van der Waals surface area contributed by atoms with Gasteiger partial charge in [0.25, 0.3) is 0 Å². The summed E-state index contributed by atoms with van der Waals surface area (Å²) in [7, 11) is 0. The highest BCUT2D eigenvalue weighted by atomic mass is 16.4. The lowest BCUT2D eigenvalue weighted by molar-refractivity contribution is -0.143. The lowest BCUT2D eigenvalue weighted by Crippen LogP contribution is -2.59. The molecule has 2 heterocycles. The zero-order valence-corrected chi connectivity index (χ0v) is 44.7. The van der Waals surface area contributed by atoms with Crippen molar-refractivity contribution < 1.29 is 107 Å². The quantitative estimate of drug-likeness (QED) is 0.0254. The van der Waals surface area contributed by atoms with Crippen LogP contribution in [0.3, 0.4) is 0 Å². The summed E-state index contributed by atoms with van der Waals surface area (Å²) in [5, 5.41) is 80.6. The summed E-state index contributed by atoms with van der Waals surface area (Å²) in [6, 6.07) is -16.5. The zero-order valence-electron chi connectivity index (χ0n) is 44.7. The van der Waals surface area contributed by atoms with Crippen molar-refractivity contribution in [2.24, 2.45) is 11.5 Å². The average Bonchev–Trinajstić information content (AvgIpc) is 4.12. The molecule has 0 aliphatic carbocycles. The van der Waals surface area contributed by atoms with E-state index in [4.69, 9.17) is 11.5 Å². The van der Waals surface area contributed by atoms with E-state index in [-0.39, 0.29) is 77.3 Å². The second-order valence-electron chi connectivity index (χ2n) is 19.4. The number of hydrogen-bond donors (Lipinski definition) is 18. The second kappa shape index (κ2) is 35.9. The van der Waals surface area contributed by atoms with Crippen molar-refractivity contribution >= 4 is 94.9 Å². The molecule has 34 heteroatoms. The van der Waals surface area contributed by atoms with E-state index in [0.29, 0.717) is 12.8 Å². The summed E-state index contributed by atoms with van der Waals surface area (Å²) in [5.74, 6) is -19.6. The monoisotopic (exact) mass is 1170 g/mol. The molecule has 2 aliphatic heterocycles. The van der Waals surface area contributed by atoms with E-state index in [1.807, 2.05) is 0 Å². The lowest BCUT2D eigenvalue weighted by atomic mass is 10.0. The fourth-order valence-electron chi connectivity index (χ4n) is 8.38. The van der Waals surface area contributed by atoms with Crippen LogP contribution in [-0.2, 0) is 76.7 Å². The maximum atomic E-state index is 14.0. The van der Waals surface area contributed by atoms with Gasteiger partial charge in [-0.05, 0) is 90.1 Å². The summed E-state index contributed by atoms with van der Waals surface area (Å²) in [5.41, 5.74) is 11.1. The summed E-state index contributed by atoms with van der Waals surface area (Å²) in [6.07, 6.45) is -5.75. The molecule has 0 aromatic rings. The number of hydrogen-bond acceptors (Lipinski definition) is 18. The highest BCUT2D eigenvalue weighted by Crippen LogP contribution is 2.14. The van der Waals surface area contributed by atoms with E-state index in [1.54, 1.807) is 0 Å². The van der Waals surface area contributed by atoms with Crippen molar-refractivity contribution in [3.8, 4) is 0 Å². The summed E-state index contributed by atoms with van der Waals surface area (Å²) < 4.78 is 0. The maximum Gasteiger partial charge on any atom is 0.326 e. The van der Waals surface area contributed by atoms with Gasteiger partial charge in [0, 0.05) is 25.7 Å². The van der Waals surface area contributed by atoms with Crippen LogP contribution in [0.15, 0.2) is 0 Å². The molecule has 0 spiro atoms. The standard InChI is InChI=1S/C48H74N12O22/c49-19-5-3-9-29(47(79)80)57-39(71)23(53-45(77)31(21-37(67)68)59-43(75)27(13-17-35(63)64)55-41(73)25-11-15-33(61)51-25)7-1-2-8-24(40(72)58-30(48(81)82)10-4-6-20-50)54-46(78)32(22-38(69)70)60-44(76)28(14-18-36(65)66)56-42(74)26-12-16-34(62)52-26/h23-32H,1-22,49-50H2,(H,51,61)(H,52,62)(H,53,77)(H,54,78)(H,55,73)(H,56,74)(H,57,71)(H,58,72)(H,59,75)(H,60,76)(H,63,64)(H,65,66)(H,67,68)(H,69,70)(H,79,80)(H,81,82)/t23-,24-,25+,26+,27+,28+,29+,30+,31+,32+/m1/s1. The number of carboxylic acid groups (broad SMARTS) is 6. The molecule has 0 bridgehead atoms. The number of carbonyl (C=O) groups excluding carboxylic acids is 10. The minimum absolute atomic E-state index is 0.0188. The Morgan fingerprint density at radius 2 is 0.646 bits per heavy atom. The third kappa shape index (κ3) is 26.1. The van der Waals surface area contributed by atoms with Gasteiger partial charge in [0.15, 0.2) is 0 Å². The van der Waals surface area contributed by atoms with Crippen molar-refractivity contribution in [3.63, 3.8) is 0 Å². The fourth-order valence-corrected chi connectivity index (χ4v) is 8.38. The van der Waals surface area contributed by atoms with Crippen LogP contribution in [-0.4, -0.2) is 199 Å². The second-order valence-corrected chi connectivity index (χ2v) is 19.4. The van der Waals surface area contributed by atoms with Crippen LogP contribution in [0.4, 0.5) is 0 Å². The van der Waals surface area contributed by atoms with Gasteiger partial charge in [-0.15, -0.1) is 0 Å². The number of carbonyl (C=O) groups is 16. The first-order valence-electron chi connectivity index (χ1n) is 26.4. The molecule has 2 rings (SSSR count). The number of aliphatic carboxylic acids is 6. The van der Waals surface area contributed by atoms with E-state index in [2.05, 4.69) is 53.2 Å². The van der Waals surface area contributed by atoms with E-state index in [1.165, 1.54) is 0 Å². The zero-order chi connectivity index (χ0) is 61.6. The Labute approximate surface area is 467 Å². The summed E-state index contributed by atoms with van der Waals surface area (Å²) in [4.78, 5) is 204. The van der Waals surface area contributed by atoms with E-state index >= 15 is 0 Å². The molecule has 0 radical (unpaired) electrons. The first kappa shape index (κ1) is 69.5. The molecule has 10 amide bonds. The van der Waals surface area contributed by atoms with Gasteiger partial charge in [0.2, 0.25) is 59.1 Å². The van der Waals surface area contributed by atoms with Crippen LogP contribution < -0.4 is 64.6 Å². The van der Waals surface area contributed by atoms with Crippen molar-refractivity contribution in [2.45, 2.75) is 189 Å². The number of unbranched alkanes of at least 4 members (excludes halogenated alkanes) is 3. The van der Waals surface area contributed by atoms with Gasteiger partial charge in [0.1, 0.15) is 60.4 Å². The van der Waals surface area contributed by atoms with E-state index in [9.17, 15) is 107 Å². The average molecular weight is 1170 g/mol. The van der Waals surface area contributed by atoms with Crippen LogP contribution in [0.5, 0.6) is 0 Å². The molecule has 2 aliphatic rings. The molecule has 0 aromatic heterocycles. The van der Waals surface area contributed by atoms with E-state index in [0.717, 1.165) is 0 Å². The number of nitrogens with two attached hydrogens (primary N) is 2. The highest BCUT2D eigenvalue weighted by Gasteiger charge is 2.37. The maximum absolute atomic E-state index is 14.0. The third-order valence-electron chi connectivity index (χ3n) is 12.8. The predicted molar refractivity (Wildman–Crippen MR) is 276 cm³/mol. The summed E-state index contributed by atoms with van der Waals surface area (Å²) >= 11 is 0. The topological polar surface area (TPSA) is 567 Å². The Kier molecular flexibility index (Phi) is 30.5. The van der Waals surface area contributed by atoms with Gasteiger partial charge in [-0.3, -0.25) is 67.1 Å². The van der Waals surface area contributed by atoms with Crippen LogP contribution >= 0.6 is 0 Å². The van der Waals surface area contributed by atoms with Gasteiger partial charge >= 0.3 is 35.8 Å². The molecular weight excluding hydrogens is 1100 g/mol. The Bertz CT molecular complexity index is 2200. The molecule has 0 unspecified atom stereocenters. The summed E-state index contributed by atoms with van der Waals surface area (Å²) in [6.45, 7) is 0.316. The lowest BCUT2D eigenvalue weighted by Gasteiger charge is -2.27. The third-order valence-corrected chi connectivity index (χ3v) is 12.8. The molecule has 0 saturated carbocycles. The molecule has 82 heavy (non-hydrogen) atoms. The molecule has 2 fully saturated rings. The van der Waals surface area contributed by atoms with Crippen LogP contribution in [0.2, 0.25) is 0 Å². The van der Waals surface area contributed by atoms with Crippen LogP contribution in [0.25, 0.3) is 0 Å². The first-order valence-corrected chi connectivity index (χ1v) is 26.4. The molecule has 10 atom stereocenters. The molecule has 2 saturated heterocycles. The molecular formula is C48H74N12O22. The minimum Gasteiger partial charge on any atom is -0.481 e. The predicted octanol–water partition coefficient (Wildman–Crippen LogP) is -5.91. The fraction of sp³-hybridized carbons (Fsp3) is 0.667. The number of nitrogens with one attached hydrogen (secondary N) is 10. The first-order chi connectivity index (χ1) is 38.6. The number of carboxylic acids is 6. The van der Waals surface area contributed by atoms with Crippen LogP contribution in [0.1, 0.15) is 128 Å². The molecule has 0 aromatic carbocycles. The van der Waals surface area contributed by atoms with Gasteiger partial charge in [-0.1, -0.05) is 12.8 Å². The SMILES string of the molecule is NCCCC[C@H](NC(=O)[C@@H](CCCC[C@@H](NC(=O)[C@H](CC(=O)O)NC(=O)[C@H](CCC(=O)O)NC(=O)[C@@H]1CCC(=O)N1)C(=O)N[C@@H](CCCCN)C(=O)O)NC(=O)[C@H](CC(=O)O)NC(=O)[C@H](CCC(=O)O)NC(=O)[C@@H]1CCC(=O)N1)C(=O)O. The molecule has 20 N–H and O–H groups in total. The largest absolute Gasteiger partial charge is 0.481 e. The van der Waals surface area contributed by atoms with Crippen LogP contribution in [0, 0.1) is 0 Å². The molecule has 458 valence electrons. The van der Waals surface area contributed by atoms with Crippen molar-refractivity contribution in [2.75, 3.05) is 13.1 Å². The van der Waals surface area contributed by atoms with Gasteiger partial charge in [-0.25, -0.2) is 9.59 Å². The van der Waals surface area contributed by atoms with E-state index < -0.39 is 207 Å². The van der Waals surface area contributed by atoms with Crippen molar-refractivity contribution in [3.05, 3.63) is 0 Å². The Morgan fingerprint density at radius 3 is 0.915 bits per heavy atom. The highest BCUT2D eigenvalue weighted by molar-refractivity contribution is 5.99. The Hall–Kier alpha value is -8.56. The minimum atomic E-state index is -2.07. The molecule has 34 nitrogen and oxygen atoms in total. The van der Waals surface area contributed by atoms with Gasteiger partial charge in [0.05, 0.1) is 12.8 Å².